The zero-order valence-electron chi connectivity index (χ0n) is 13.7. The van der Waals surface area contributed by atoms with Crippen molar-refractivity contribution in [2.45, 2.75) is 19.6 Å². The summed E-state index contributed by atoms with van der Waals surface area (Å²) in [6.45, 7) is 2.00. The van der Waals surface area contributed by atoms with E-state index in [1.54, 1.807) is 6.92 Å². The highest BCUT2D eigenvalue weighted by Gasteiger charge is 2.33. The zero-order chi connectivity index (χ0) is 19.3. The normalized spacial score (nSPS) is 11.2. The number of nitrogens with zero attached hydrogens (tertiary/aromatic N) is 2. The number of halogens is 3. The van der Waals surface area contributed by atoms with Crippen molar-refractivity contribution < 1.29 is 22.9 Å². The topological polar surface area (TPSA) is 75.5 Å². The van der Waals surface area contributed by atoms with Gasteiger partial charge in [0, 0.05) is 17.5 Å². The van der Waals surface area contributed by atoms with E-state index in [0.717, 1.165) is 17.0 Å². The number of hydrogen-bond acceptors (Lipinski definition) is 5. The van der Waals surface area contributed by atoms with E-state index in [2.05, 4.69) is 5.32 Å². The van der Waals surface area contributed by atoms with Crippen molar-refractivity contribution in [1.29, 1.82) is 0 Å². The summed E-state index contributed by atoms with van der Waals surface area (Å²) in [5, 5.41) is 15.8. The highest BCUT2D eigenvalue weighted by Crippen LogP contribution is 2.36. The Hall–Kier alpha value is -2.62. The molecule has 2 rings (SSSR count). The molecule has 1 aromatic carbocycles. The fourth-order valence-corrected chi connectivity index (χ4v) is 2.95. The molecule has 0 aliphatic carbocycles. The standard InChI is InChI=1S/C16H16F3N3O3S/c1-2-21(10-15(23)20-9-12-4-3-7-26-12)13-6-5-11(16(17,18)19)8-14(13)22(24)25/h3-8H,2,9-10H2,1H3,(H,20,23). The summed E-state index contributed by atoms with van der Waals surface area (Å²) in [5.41, 5.74) is -1.82. The number of rotatable bonds is 7. The smallest absolute Gasteiger partial charge is 0.357 e. The lowest BCUT2D eigenvalue weighted by Gasteiger charge is -2.22. The number of alkyl halides is 3. The maximum Gasteiger partial charge on any atom is 0.416 e. The quantitative estimate of drug-likeness (QED) is 0.579. The Labute approximate surface area is 151 Å². The molecule has 1 heterocycles. The van der Waals surface area contributed by atoms with Crippen LogP contribution in [0.3, 0.4) is 0 Å². The van der Waals surface area contributed by atoms with E-state index in [0.29, 0.717) is 12.6 Å². The number of carbonyl (C=O) groups excluding carboxylic acids is 1. The number of likely N-dealkylation sites (N-methyl/N-ethyl adjacent to an activating group) is 1. The Morgan fingerprint density at radius 2 is 2.08 bits per heavy atom. The molecule has 0 atom stereocenters. The van der Waals surface area contributed by atoms with Crippen LogP contribution in [-0.4, -0.2) is 23.9 Å². The summed E-state index contributed by atoms with van der Waals surface area (Å²) in [6.07, 6.45) is -4.68. The number of hydrogen-bond donors (Lipinski definition) is 1. The summed E-state index contributed by atoms with van der Waals surface area (Å²) < 4.78 is 38.4. The van der Waals surface area contributed by atoms with Crippen LogP contribution in [0.25, 0.3) is 0 Å². The molecule has 0 radical (unpaired) electrons. The Bertz CT molecular complexity index is 779. The van der Waals surface area contributed by atoms with E-state index < -0.39 is 22.4 Å². The third kappa shape index (κ3) is 4.94. The van der Waals surface area contributed by atoms with Gasteiger partial charge in [0.05, 0.1) is 23.6 Å². The van der Waals surface area contributed by atoms with Gasteiger partial charge < -0.3 is 10.2 Å². The summed E-state index contributed by atoms with van der Waals surface area (Å²) in [5.74, 6) is -0.380. The van der Waals surface area contributed by atoms with Gasteiger partial charge in [-0.25, -0.2) is 0 Å². The molecule has 0 aliphatic rings. The number of nitro benzene ring substituents is 1. The molecule has 1 aromatic heterocycles. The van der Waals surface area contributed by atoms with Gasteiger partial charge in [-0.15, -0.1) is 11.3 Å². The monoisotopic (exact) mass is 387 g/mol. The third-order valence-corrected chi connectivity index (χ3v) is 4.47. The van der Waals surface area contributed by atoms with Crippen LogP contribution in [0.1, 0.15) is 17.4 Å². The van der Waals surface area contributed by atoms with Gasteiger partial charge in [-0.3, -0.25) is 14.9 Å². The molecule has 0 spiro atoms. The van der Waals surface area contributed by atoms with Crippen LogP contribution in [0.15, 0.2) is 35.7 Å². The largest absolute Gasteiger partial charge is 0.416 e. The molecular formula is C16H16F3N3O3S. The van der Waals surface area contributed by atoms with E-state index in [9.17, 15) is 28.1 Å². The average molecular weight is 387 g/mol. The van der Waals surface area contributed by atoms with Crippen LogP contribution in [0.2, 0.25) is 0 Å². The molecule has 0 bridgehead atoms. The van der Waals surface area contributed by atoms with Gasteiger partial charge in [0.1, 0.15) is 5.69 Å². The molecular weight excluding hydrogens is 371 g/mol. The van der Waals surface area contributed by atoms with Crippen molar-refractivity contribution in [2.75, 3.05) is 18.0 Å². The molecule has 2 aromatic rings. The molecule has 1 N–H and O–H groups in total. The molecule has 0 aliphatic heterocycles. The number of nitrogens with one attached hydrogen (secondary N) is 1. The lowest BCUT2D eigenvalue weighted by molar-refractivity contribution is -0.384. The first-order valence-corrected chi connectivity index (χ1v) is 8.50. The van der Waals surface area contributed by atoms with Crippen molar-refractivity contribution in [1.82, 2.24) is 5.32 Å². The summed E-state index contributed by atoms with van der Waals surface area (Å²) in [6, 6.07) is 5.98. The van der Waals surface area contributed by atoms with Gasteiger partial charge in [-0.2, -0.15) is 13.2 Å². The highest BCUT2D eigenvalue weighted by atomic mass is 32.1. The van der Waals surface area contributed by atoms with Crippen LogP contribution in [-0.2, 0) is 17.5 Å². The zero-order valence-corrected chi connectivity index (χ0v) is 14.6. The minimum Gasteiger partial charge on any atom is -0.357 e. The maximum absolute atomic E-state index is 12.8. The second-order valence-electron chi connectivity index (χ2n) is 5.33. The fraction of sp³-hybridized carbons (Fsp3) is 0.312. The van der Waals surface area contributed by atoms with E-state index in [-0.39, 0.29) is 24.7 Å². The molecule has 0 saturated carbocycles. The second-order valence-corrected chi connectivity index (χ2v) is 6.36. The average Bonchev–Trinajstić information content (AvgIpc) is 3.10. The minimum atomic E-state index is -4.68. The lowest BCUT2D eigenvalue weighted by atomic mass is 10.1. The van der Waals surface area contributed by atoms with Crippen LogP contribution >= 0.6 is 11.3 Å². The predicted molar refractivity (Wildman–Crippen MR) is 92.2 cm³/mol. The fourth-order valence-electron chi connectivity index (χ4n) is 2.31. The van der Waals surface area contributed by atoms with Crippen LogP contribution < -0.4 is 10.2 Å². The third-order valence-electron chi connectivity index (χ3n) is 3.60. The first kappa shape index (κ1) is 19.7. The van der Waals surface area contributed by atoms with Gasteiger partial charge in [0.25, 0.3) is 5.69 Å². The first-order valence-electron chi connectivity index (χ1n) is 7.62. The molecule has 0 fully saturated rings. The summed E-state index contributed by atoms with van der Waals surface area (Å²) in [4.78, 5) is 24.7. The van der Waals surface area contributed by atoms with E-state index >= 15 is 0 Å². The Kier molecular flexibility index (Phi) is 6.19. The molecule has 0 unspecified atom stereocenters. The van der Waals surface area contributed by atoms with Crippen LogP contribution in [0, 0.1) is 10.1 Å². The number of thiophene rings is 1. The number of anilines is 1. The van der Waals surface area contributed by atoms with Crippen molar-refractivity contribution in [2.24, 2.45) is 0 Å². The number of nitro groups is 1. The Morgan fingerprint density at radius 3 is 2.62 bits per heavy atom. The summed E-state index contributed by atoms with van der Waals surface area (Å²) in [7, 11) is 0. The SMILES string of the molecule is CCN(CC(=O)NCc1cccs1)c1ccc(C(F)(F)F)cc1[N+](=O)[O-]. The molecule has 10 heteroatoms. The van der Waals surface area contributed by atoms with Crippen LogP contribution in [0.5, 0.6) is 0 Å². The Morgan fingerprint density at radius 1 is 1.35 bits per heavy atom. The number of amides is 1. The maximum atomic E-state index is 12.8. The summed E-state index contributed by atoms with van der Waals surface area (Å²) >= 11 is 1.47. The highest BCUT2D eigenvalue weighted by molar-refractivity contribution is 7.09. The lowest BCUT2D eigenvalue weighted by Crippen LogP contribution is -2.37. The molecule has 26 heavy (non-hydrogen) atoms. The van der Waals surface area contributed by atoms with Gasteiger partial charge in [0.2, 0.25) is 5.91 Å². The van der Waals surface area contributed by atoms with E-state index in [1.165, 1.54) is 16.2 Å². The predicted octanol–water partition coefficient (Wildman–Crippen LogP) is 3.82. The van der Waals surface area contributed by atoms with Crippen molar-refractivity contribution in [3.05, 3.63) is 56.3 Å². The van der Waals surface area contributed by atoms with E-state index in [1.807, 2.05) is 17.5 Å². The molecule has 140 valence electrons. The van der Waals surface area contributed by atoms with Crippen molar-refractivity contribution in [3.63, 3.8) is 0 Å². The van der Waals surface area contributed by atoms with Gasteiger partial charge >= 0.3 is 6.18 Å². The molecule has 1 amide bonds. The Balaban J connectivity index is 2.17. The van der Waals surface area contributed by atoms with Crippen molar-refractivity contribution in [3.8, 4) is 0 Å². The first-order chi connectivity index (χ1) is 12.2. The van der Waals surface area contributed by atoms with E-state index in [4.69, 9.17) is 0 Å². The minimum absolute atomic E-state index is 0.0308. The van der Waals surface area contributed by atoms with Gasteiger partial charge in [-0.1, -0.05) is 6.07 Å². The number of carbonyl (C=O) groups is 1. The van der Waals surface area contributed by atoms with Gasteiger partial charge in [-0.05, 0) is 30.5 Å². The van der Waals surface area contributed by atoms with Crippen LogP contribution in [0.4, 0.5) is 24.5 Å². The molecule has 6 nitrogen and oxygen atoms in total. The number of benzene rings is 1. The van der Waals surface area contributed by atoms with Crippen molar-refractivity contribution >= 4 is 28.6 Å². The molecule has 0 saturated heterocycles. The second kappa shape index (κ2) is 8.17. The van der Waals surface area contributed by atoms with Gasteiger partial charge in [0.15, 0.2) is 0 Å².